The lowest BCUT2D eigenvalue weighted by atomic mass is 10.1. The van der Waals surface area contributed by atoms with Gasteiger partial charge in [0.05, 0.1) is 18.3 Å². The second kappa shape index (κ2) is 6.41. The Balaban J connectivity index is 1.91. The number of hydrogen-bond acceptors (Lipinski definition) is 2. The fraction of sp³-hybridized carbons (Fsp3) is 0.167. The van der Waals surface area contributed by atoms with Gasteiger partial charge in [0, 0.05) is 11.9 Å². The summed E-state index contributed by atoms with van der Waals surface area (Å²) in [5, 5.41) is 10.2. The van der Waals surface area contributed by atoms with Gasteiger partial charge in [-0.15, -0.1) is 0 Å². The highest BCUT2D eigenvalue weighted by atomic mass is 19.2. The largest absolute Gasteiger partial charge is 0.387 e. The van der Waals surface area contributed by atoms with Gasteiger partial charge in [-0.2, -0.15) is 0 Å². The molecule has 0 saturated carbocycles. The molecule has 24 heavy (non-hydrogen) atoms. The van der Waals surface area contributed by atoms with Gasteiger partial charge in [-0.05, 0) is 36.8 Å². The zero-order chi connectivity index (χ0) is 17.3. The van der Waals surface area contributed by atoms with Gasteiger partial charge in [-0.1, -0.05) is 24.3 Å². The molecule has 1 aromatic heterocycles. The Morgan fingerprint density at radius 1 is 1.08 bits per heavy atom. The van der Waals surface area contributed by atoms with Gasteiger partial charge >= 0.3 is 5.69 Å². The van der Waals surface area contributed by atoms with Gasteiger partial charge in [-0.3, -0.25) is 9.13 Å². The van der Waals surface area contributed by atoms with Crippen LogP contribution in [0.5, 0.6) is 0 Å². The highest BCUT2D eigenvalue weighted by molar-refractivity contribution is 5.33. The maximum atomic E-state index is 13.3. The van der Waals surface area contributed by atoms with E-state index in [2.05, 4.69) is 0 Å². The first-order valence-electron chi connectivity index (χ1n) is 7.44. The quantitative estimate of drug-likeness (QED) is 0.799. The predicted octanol–water partition coefficient (Wildman–Crippen LogP) is 2.96. The zero-order valence-corrected chi connectivity index (χ0v) is 13.0. The summed E-state index contributed by atoms with van der Waals surface area (Å²) in [5.41, 5.74) is 1.34. The molecule has 6 heteroatoms. The van der Waals surface area contributed by atoms with E-state index in [0.717, 1.165) is 17.8 Å². The molecule has 0 radical (unpaired) electrons. The minimum Gasteiger partial charge on any atom is -0.387 e. The second-order valence-electron chi connectivity index (χ2n) is 5.57. The van der Waals surface area contributed by atoms with Crippen molar-refractivity contribution in [2.45, 2.75) is 19.6 Å². The monoisotopic (exact) mass is 330 g/mol. The van der Waals surface area contributed by atoms with Crippen LogP contribution in [0.4, 0.5) is 8.78 Å². The van der Waals surface area contributed by atoms with Gasteiger partial charge in [0.2, 0.25) is 0 Å². The zero-order valence-electron chi connectivity index (χ0n) is 13.0. The number of imidazole rings is 1. The Labute approximate surface area is 137 Å². The minimum atomic E-state index is -1.12. The lowest BCUT2D eigenvalue weighted by Crippen LogP contribution is -2.25. The van der Waals surface area contributed by atoms with E-state index >= 15 is 0 Å². The second-order valence-corrected chi connectivity index (χ2v) is 5.57. The number of nitrogens with zero attached hydrogens (tertiary/aromatic N) is 2. The number of benzene rings is 2. The fourth-order valence-corrected chi connectivity index (χ4v) is 2.65. The molecular formula is C18H16F2N2O2. The van der Waals surface area contributed by atoms with Crippen molar-refractivity contribution in [1.29, 1.82) is 0 Å². The van der Waals surface area contributed by atoms with Gasteiger partial charge in [-0.25, -0.2) is 13.6 Å². The van der Waals surface area contributed by atoms with Gasteiger partial charge in [0.1, 0.15) is 0 Å². The Morgan fingerprint density at radius 2 is 1.79 bits per heavy atom. The predicted molar refractivity (Wildman–Crippen MR) is 86.1 cm³/mol. The van der Waals surface area contributed by atoms with Crippen molar-refractivity contribution in [1.82, 2.24) is 9.13 Å². The van der Waals surface area contributed by atoms with Gasteiger partial charge in [0.25, 0.3) is 0 Å². The molecule has 1 atom stereocenters. The average Bonchev–Trinajstić information content (AvgIpc) is 2.84. The lowest BCUT2D eigenvalue weighted by Gasteiger charge is -2.11. The van der Waals surface area contributed by atoms with Crippen LogP contribution in [0.15, 0.2) is 59.5 Å². The summed E-state index contributed by atoms with van der Waals surface area (Å²) in [6.07, 6.45) is 0.502. The van der Waals surface area contributed by atoms with Crippen LogP contribution in [0.25, 0.3) is 5.69 Å². The number of halogens is 2. The Morgan fingerprint density at radius 3 is 2.46 bits per heavy atom. The summed E-state index contributed by atoms with van der Waals surface area (Å²) in [4.78, 5) is 12.6. The fourth-order valence-electron chi connectivity index (χ4n) is 2.65. The molecule has 3 rings (SSSR count). The summed E-state index contributed by atoms with van der Waals surface area (Å²) in [6, 6.07) is 12.3. The molecule has 0 aliphatic rings. The van der Waals surface area contributed by atoms with E-state index in [1.165, 1.54) is 15.2 Å². The highest BCUT2D eigenvalue weighted by Crippen LogP contribution is 2.18. The Bertz CT molecular complexity index is 917. The number of aromatic nitrogens is 2. The molecule has 0 aliphatic carbocycles. The van der Waals surface area contributed by atoms with E-state index < -0.39 is 17.7 Å². The van der Waals surface area contributed by atoms with Crippen LogP contribution in [0.1, 0.15) is 17.4 Å². The van der Waals surface area contributed by atoms with Crippen molar-refractivity contribution in [2.75, 3.05) is 0 Å². The number of aryl methyl sites for hydroxylation is 1. The van der Waals surface area contributed by atoms with E-state index in [-0.39, 0.29) is 17.8 Å². The van der Waals surface area contributed by atoms with Crippen molar-refractivity contribution in [3.8, 4) is 5.69 Å². The van der Waals surface area contributed by atoms with Crippen molar-refractivity contribution in [3.63, 3.8) is 0 Å². The maximum absolute atomic E-state index is 13.3. The Kier molecular flexibility index (Phi) is 4.31. The molecule has 4 nitrogen and oxygen atoms in total. The molecule has 1 unspecified atom stereocenters. The summed E-state index contributed by atoms with van der Waals surface area (Å²) >= 11 is 0. The van der Waals surface area contributed by atoms with Crippen LogP contribution in [0.3, 0.4) is 0 Å². The van der Waals surface area contributed by atoms with Crippen LogP contribution in [0.2, 0.25) is 0 Å². The molecule has 0 amide bonds. The molecule has 0 bridgehead atoms. The summed E-state index contributed by atoms with van der Waals surface area (Å²) < 4.78 is 29.2. The molecule has 0 spiro atoms. The summed E-state index contributed by atoms with van der Waals surface area (Å²) in [7, 11) is 0. The minimum absolute atomic E-state index is 0.0510. The first kappa shape index (κ1) is 16.1. The molecule has 1 N–H and O–H groups in total. The first-order chi connectivity index (χ1) is 11.5. The van der Waals surface area contributed by atoms with E-state index in [1.807, 2.05) is 30.3 Å². The van der Waals surface area contributed by atoms with Crippen molar-refractivity contribution in [3.05, 3.63) is 88.1 Å². The Hall–Kier alpha value is -2.73. The van der Waals surface area contributed by atoms with E-state index in [1.54, 1.807) is 13.1 Å². The molecule has 2 aromatic carbocycles. The van der Waals surface area contributed by atoms with E-state index in [4.69, 9.17) is 0 Å². The number of aliphatic hydroxyl groups is 1. The van der Waals surface area contributed by atoms with Crippen LogP contribution in [-0.4, -0.2) is 14.2 Å². The third-order valence-electron chi connectivity index (χ3n) is 3.84. The lowest BCUT2D eigenvalue weighted by molar-refractivity contribution is 0.154. The molecule has 124 valence electrons. The molecular weight excluding hydrogens is 314 g/mol. The molecule has 0 fully saturated rings. The summed E-state index contributed by atoms with van der Waals surface area (Å²) in [6.45, 7) is 1.74. The van der Waals surface area contributed by atoms with Crippen molar-refractivity contribution >= 4 is 0 Å². The van der Waals surface area contributed by atoms with Crippen LogP contribution >= 0.6 is 0 Å². The van der Waals surface area contributed by atoms with Crippen LogP contribution < -0.4 is 5.69 Å². The van der Waals surface area contributed by atoms with Crippen LogP contribution in [0, 0.1) is 18.6 Å². The third kappa shape index (κ3) is 3.00. The van der Waals surface area contributed by atoms with Crippen molar-refractivity contribution < 1.29 is 13.9 Å². The standard InChI is InChI=1S/C18H16F2N2O2/c1-12-10-21(18(24)22(12)14-5-3-2-4-6-14)11-17(23)13-7-8-15(19)16(20)9-13/h2-10,17,23H,11H2,1H3. The third-order valence-corrected chi connectivity index (χ3v) is 3.84. The molecule has 1 heterocycles. The average molecular weight is 330 g/mol. The number of aliphatic hydroxyl groups excluding tert-OH is 1. The molecule has 3 aromatic rings. The highest BCUT2D eigenvalue weighted by Gasteiger charge is 2.15. The first-order valence-corrected chi connectivity index (χ1v) is 7.44. The normalized spacial score (nSPS) is 12.3. The van der Waals surface area contributed by atoms with E-state index in [9.17, 15) is 18.7 Å². The molecule has 0 saturated heterocycles. The summed E-state index contributed by atoms with van der Waals surface area (Å²) in [5.74, 6) is -2.01. The van der Waals surface area contributed by atoms with Crippen LogP contribution in [-0.2, 0) is 6.54 Å². The number of rotatable bonds is 4. The van der Waals surface area contributed by atoms with Gasteiger partial charge in [0.15, 0.2) is 11.6 Å². The maximum Gasteiger partial charge on any atom is 0.333 e. The number of para-hydroxylation sites is 1. The van der Waals surface area contributed by atoms with E-state index in [0.29, 0.717) is 5.69 Å². The van der Waals surface area contributed by atoms with Crippen molar-refractivity contribution in [2.24, 2.45) is 0 Å². The molecule has 0 aliphatic heterocycles. The SMILES string of the molecule is Cc1cn(CC(O)c2ccc(F)c(F)c2)c(=O)n1-c1ccccc1. The topological polar surface area (TPSA) is 47.2 Å². The number of hydrogen-bond donors (Lipinski definition) is 1. The smallest absolute Gasteiger partial charge is 0.333 e. The van der Waals surface area contributed by atoms with Gasteiger partial charge < -0.3 is 5.11 Å².